The maximum absolute atomic E-state index is 13.2. The molecule has 2 N–H and O–H groups in total. The molecule has 1 aliphatic carbocycles. The number of benzene rings is 2. The smallest absolute Gasteiger partial charge is 0.227 e. The molecule has 0 heterocycles. The molecule has 1 amide bonds. The average Bonchev–Trinajstić information content (AvgIpc) is 3.12. The zero-order valence-corrected chi connectivity index (χ0v) is 17.9. The Labute approximate surface area is 175 Å². The highest BCUT2D eigenvalue weighted by molar-refractivity contribution is 5.79. The third-order valence-corrected chi connectivity index (χ3v) is 5.54. The zero-order valence-electron chi connectivity index (χ0n) is 17.9. The molecule has 0 radical (unpaired) electrons. The van der Waals surface area contributed by atoms with Crippen molar-refractivity contribution in [2.24, 2.45) is 11.7 Å². The first-order valence-corrected chi connectivity index (χ1v) is 10.7. The second-order valence-electron chi connectivity index (χ2n) is 8.76. The van der Waals surface area contributed by atoms with Crippen molar-refractivity contribution in [1.29, 1.82) is 0 Å². The van der Waals surface area contributed by atoms with Crippen molar-refractivity contribution < 1.29 is 9.53 Å². The van der Waals surface area contributed by atoms with Gasteiger partial charge in [-0.3, -0.25) is 4.79 Å². The minimum absolute atomic E-state index is 0.167. The van der Waals surface area contributed by atoms with Gasteiger partial charge in [0.25, 0.3) is 0 Å². The van der Waals surface area contributed by atoms with Gasteiger partial charge in [0.15, 0.2) is 0 Å². The highest BCUT2D eigenvalue weighted by Gasteiger charge is 2.30. The molecule has 1 aliphatic rings. The van der Waals surface area contributed by atoms with Crippen LogP contribution in [0.15, 0.2) is 48.5 Å². The zero-order chi connectivity index (χ0) is 20.8. The molecule has 29 heavy (non-hydrogen) atoms. The van der Waals surface area contributed by atoms with Crippen LogP contribution in [0.2, 0.25) is 0 Å². The standard InChI is InChI=1S/C25H34N2O2/c1-18(2)17-29-24-12-8-20(9-13-24)14-25(28)27(23-11-10-22(26)15-23)16-21-6-4-19(3)5-7-21/h4-9,12-13,18,22-23H,10-11,14-17,26H2,1-3H3/t22-,23+/m0/s1. The number of nitrogens with zero attached hydrogens (tertiary/aromatic N) is 1. The van der Waals surface area contributed by atoms with Crippen LogP contribution < -0.4 is 10.5 Å². The average molecular weight is 395 g/mol. The minimum atomic E-state index is 0.167. The van der Waals surface area contributed by atoms with Crippen LogP contribution in [0.3, 0.4) is 0 Å². The number of rotatable bonds is 8. The summed E-state index contributed by atoms with van der Waals surface area (Å²) in [5, 5.41) is 0. The number of nitrogens with two attached hydrogens (primary N) is 1. The molecular formula is C25H34N2O2. The molecule has 0 unspecified atom stereocenters. The van der Waals surface area contributed by atoms with Gasteiger partial charge in [0.05, 0.1) is 13.0 Å². The second kappa shape index (κ2) is 9.93. The van der Waals surface area contributed by atoms with Crippen LogP contribution in [0.4, 0.5) is 0 Å². The molecule has 4 nitrogen and oxygen atoms in total. The molecule has 1 saturated carbocycles. The van der Waals surface area contributed by atoms with Crippen molar-refractivity contribution in [2.45, 2.75) is 65.1 Å². The van der Waals surface area contributed by atoms with Crippen molar-refractivity contribution in [2.75, 3.05) is 6.61 Å². The molecule has 0 aromatic heterocycles. The first-order chi connectivity index (χ1) is 13.9. The third-order valence-electron chi connectivity index (χ3n) is 5.54. The third kappa shape index (κ3) is 6.33. The summed E-state index contributed by atoms with van der Waals surface area (Å²) in [6.07, 6.45) is 3.27. The number of aryl methyl sites for hydroxylation is 1. The number of amides is 1. The Morgan fingerprint density at radius 1 is 1.07 bits per heavy atom. The van der Waals surface area contributed by atoms with E-state index in [4.69, 9.17) is 10.5 Å². The number of carbonyl (C=O) groups excluding carboxylic acids is 1. The van der Waals surface area contributed by atoms with Gasteiger partial charge in [-0.15, -0.1) is 0 Å². The van der Waals surface area contributed by atoms with E-state index in [1.54, 1.807) is 0 Å². The first kappa shape index (κ1) is 21.4. The molecule has 4 heteroatoms. The fourth-order valence-electron chi connectivity index (χ4n) is 3.83. The number of hydrogen-bond acceptors (Lipinski definition) is 3. The molecule has 2 aromatic carbocycles. The Morgan fingerprint density at radius 2 is 1.72 bits per heavy atom. The molecule has 0 aliphatic heterocycles. The van der Waals surface area contributed by atoms with Gasteiger partial charge in [-0.1, -0.05) is 55.8 Å². The van der Waals surface area contributed by atoms with E-state index in [0.29, 0.717) is 25.5 Å². The van der Waals surface area contributed by atoms with Gasteiger partial charge in [-0.2, -0.15) is 0 Å². The highest BCUT2D eigenvalue weighted by atomic mass is 16.5. The number of hydrogen-bond donors (Lipinski definition) is 1. The molecule has 0 spiro atoms. The van der Waals surface area contributed by atoms with Crippen LogP contribution in [0.25, 0.3) is 0 Å². The Bertz CT molecular complexity index is 783. The summed E-state index contributed by atoms with van der Waals surface area (Å²) in [4.78, 5) is 15.3. The van der Waals surface area contributed by atoms with Crippen molar-refractivity contribution in [3.63, 3.8) is 0 Å². The normalized spacial score (nSPS) is 18.8. The van der Waals surface area contributed by atoms with E-state index >= 15 is 0 Å². The Hall–Kier alpha value is -2.33. The summed E-state index contributed by atoms with van der Waals surface area (Å²) in [5.41, 5.74) is 9.56. The van der Waals surface area contributed by atoms with Crippen molar-refractivity contribution in [1.82, 2.24) is 4.90 Å². The number of ether oxygens (including phenoxy) is 1. The van der Waals surface area contributed by atoms with Crippen LogP contribution in [0.5, 0.6) is 5.75 Å². The van der Waals surface area contributed by atoms with Gasteiger partial charge in [0.2, 0.25) is 5.91 Å². The lowest BCUT2D eigenvalue weighted by Crippen LogP contribution is -2.40. The predicted octanol–water partition coefficient (Wildman–Crippen LogP) is 4.48. The van der Waals surface area contributed by atoms with Crippen molar-refractivity contribution >= 4 is 5.91 Å². The molecule has 156 valence electrons. The molecule has 2 aromatic rings. The maximum Gasteiger partial charge on any atom is 0.227 e. The summed E-state index contributed by atoms with van der Waals surface area (Å²) < 4.78 is 5.75. The van der Waals surface area contributed by atoms with Crippen LogP contribution in [-0.2, 0) is 17.8 Å². The van der Waals surface area contributed by atoms with E-state index in [0.717, 1.165) is 30.6 Å². The second-order valence-corrected chi connectivity index (χ2v) is 8.76. The van der Waals surface area contributed by atoms with Gasteiger partial charge in [0, 0.05) is 18.6 Å². The van der Waals surface area contributed by atoms with Gasteiger partial charge in [-0.05, 0) is 55.4 Å². The molecule has 0 saturated heterocycles. The minimum Gasteiger partial charge on any atom is -0.493 e. The van der Waals surface area contributed by atoms with E-state index < -0.39 is 0 Å². The highest BCUT2D eigenvalue weighted by Crippen LogP contribution is 2.26. The van der Waals surface area contributed by atoms with Crippen LogP contribution >= 0.6 is 0 Å². The largest absolute Gasteiger partial charge is 0.493 e. The van der Waals surface area contributed by atoms with Gasteiger partial charge < -0.3 is 15.4 Å². The Kier molecular flexibility index (Phi) is 7.32. The molecule has 1 fully saturated rings. The summed E-state index contributed by atoms with van der Waals surface area (Å²) >= 11 is 0. The number of carbonyl (C=O) groups is 1. The lowest BCUT2D eigenvalue weighted by atomic mass is 10.1. The molecule has 3 rings (SSSR count). The van der Waals surface area contributed by atoms with Crippen molar-refractivity contribution in [3.05, 3.63) is 65.2 Å². The van der Waals surface area contributed by atoms with Crippen LogP contribution in [0, 0.1) is 12.8 Å². The van der Waals surface area contributed by atoms with E-state index in [9.17, 15) is 4.79 Å². The molecular weight excluding hydrogens is 360 g/mol. The SMILES string of the molecule is Cc1ccc(CN(C(=O)Cc2ccc(OCC(C)C)cc2)[C@@H]2CC[C@H](N)C2)cc1. The van der Waals surface area contributed by atoms with Crippen LogP contribution in [-0.4, -0.2) is 29.5 Å². The lowest BCUT2D eigenvalue weighted by Gasteiger charge is -2.29. The Morgan fingerprint density at radius 3 is 2.31 bits per heavy atom. The maximum atomic E-state index is 13.2. The summed E-state index contributed by atoms with van der Waals surface area (Å²) in [6, 6.07) is 16.8. The monoisotopic (exact) mass is 394 g/mol. The van der Waals surface area contributed by atoms with Gasteiger partial charge in [0.1, 0.15) is 5.75 Å². The van der Waals surface area contributed by atoms with E-state index in [2.05, 4.69) is 45.0 Å². The van der Waals surface area contributed by atoms with Crippen LogP contribution in [0.1, 0.15) is 49.8 Å². The lowest BCUT2D eigenvalue weighted by molar-refractivity contribution is -0.133. The summed E-state index contributed by atoms with van der Waals surface area (Å²) in [5.74, 6) is 1.51. The molecule has 0 bridgehead atoms. The Balaban J connectivity index is 1.68. The van der Waals surface area contributed by atoms with E-state index in [-0.39, 0.29) is 18.0 Å². The van der Waals surface area contributed by atoms with Gasteiger partial charge >= 0.3 is 0 Å². The summed E-state index contributed by atoms with van der Waals surface area (Å²) in [7, 11) is 0. The van der Waals surface area contributed by atoms with Gasteiger partial charge in [-0.25, -0.2) is 0 Å². The van der Waals surface area contributed by atoms with E-state index in [1.807, 2.05) is 29.2 Å². The summed E-state index contributed by atoms with van der Waals surface area (Å²) in [6.45, 7) is 7.68. The first-order valence-electron chi connectivity index (χ1n) is 10.7. The predicted molar refractivity (Wildman–Crippen MR) is 118 cm³/mol. The fraction of sp³-hybridized carbons (Fsp3) is 0.480. The van der Waals surface area contributed by atoms with E-state index in [1.165, 1.54) is 11.1 Å². The fourth-order valence-corrected chi connectivity index (χ4v) is 3.83. The molecule has 2 atom stereocenters. The van der Waals surface area contributed by atoms with Crippen molar-refractivity contribution in [3.8, 4) is 5.75 Å². The quantitative estimate of drug-likeness (QED) is 0.718. The topological polar surface area (TPSA) is 55.6 Å².